The van der Waals surface area contributed by atoms with E-state index < -0.39 is 0 Å². The van der Waals surface area contributed by atoms with Gasteiger partial charge in [0, 0.05) is 42.9 Å². The highest BCUT2D eigenvalue weighted by molar-refractivity contribution is 4.75. The first-order chi connectivity index (χ1) is 13.5. The molecule has 0 aromatic carbocycles. The SMILES string of the molecule is CCCCCCCCCCCCCCNCCN1CCC[N+](=O)CC(C)(C)C1. The smallest absolute Gasteiger partial charge is 0.198 e. The molecule has 0 bridgehead atoms. The molecule has 0 unspecified atom stereocenters. The molecule has 0 spiro atoms. The fourth-order valence-electron chi connectivity index (χ4n) is 4.41. The third-order valence-electron chi connectivity index (χ3n) is 5.95. The minimum absolute atomic E-state index is 0.0949. The molecule has 4 heteroatoms. The summed E-state index contributed by atoms with van der Waals surface area (Å²) in [6.45, 7) is 13.5. The van der Waals surface area contributed by atoms with Gasteiger partial charge in [0.25, 0.3) is 0 Å². The Bertz CT molecular complexity index is 384. The maximum absolute atomic E-state index is 11.8. The van der Waals surface area contributed by atoms with E-state index in [1.807, 2.05) is 0 Å². The van der Waals surface area contributed by atoms with Crippen molar-refractivity contribution in [1.29, 1.82) is 0 Å². The topological polar surface area (TPSA) is 35.4 Å². The molecule has 0 aromatic heterocycles. The van der Waals surface area contributed by atoms with Crippen LogP contribution in [0, 0.1) is 10.3 Å². The molecule has 28 heavy (non-hydrogen) atoms. The number of hydrogen-bond acceptors (Lipinski definition) is 3. The molecule has 1 saturated heterocycles. The summed E-state index contributed by atoms with van der Waals surface area (Å²) < 4.78 is 1.25. The third-order valence-corrected chi connectivity index (χ3v) is 5.95. The standard InChI is InChI=1S/C24H50N3O/c1-4-5-6-7-8-9-10-11-12-13-14-15-17-25-18-21-26-19-16-20-27(28)23-24(2,3)22-26/h25H,4-23H2,1-3H3/q+1. The Morgan fingerprint density at radius 3 is 2.04 bits per heavy atom. The van der Waals surface area contributed by atoms with Crippen molar-refractivity contribution < 1.29 is 4.76 Å². The summed E-state index contributed by atoms with van der Waals surface area (Å²) >= 11 is 0. The van der Waals surface area contributed by atoms with Crippen molar-refractivity contribution >= 4 is 0 Å². The first kappa shape index (κ1) is 25.6. The maximum Gasteiger partial charge on any atom is 0.198 e. The number of unbranched alkanes of at least 4 members (excludes halogenated alkanes) is 11. The molecule has 1 N–H and O–H groups in total. The molecule has 166 valence electrons. The number of rotatable bonds is 16. The van der Waals surface area contributed by atoms with Gasteiger partial charge in [0.2, 0.25) is 0 Å². The second kappa shape index (κ2) is 16.3. The van der Waals surface area contributed by atoms with Gasteiger partial charge < -0.3 is 10.2 Å². The second-order valence-corrected chi connectivity index (χ2v) is 9.80. The highest BCUT2D eigenvalue weighted by atomic mass is 16.3. The predicted octanol–water partition coefficient (Wildman–Crippen LogP) is 5.79. The fraction of sp³-hybridized carbons (Fsp3) is 1.00. The van der Waals surface area contributed by atoms with Crippen molar-refractivity contribution in [2.75, 3.05) is 45.8 Å². The summed E-state index contributed by atoms with van der Waals surface area (Å²) in [7, 11) is 0. The van der Waals surface area contributed by atoms with Gasteiger partial charge in [-0.05, 0) is 17.7 Å². The molecule has 4 nitrogen and oxygen atoms in total. The van der Waals surface area contributed by atoms with Crippen LogP contribution in [-0.2, 0) is 0 Å². The summed E-state index contributed by atoms with van der Waals surface area (Å²) in [5.74, 6) is 0. The summed E-state index contributed by atoms with van der Waals surface area (Å²) in [6, 6.07) is 0. The average Bonchev–Trinajstić information content (AvgIpc) is 2.62. The van der Waals surface area contributed by atoms with E-state index >= 15 is 0 Å². The van der Waals surface area contributed by atoms with E-state index in [0.717, 1.165) is 39.1 Å². The van der Waals surface area contributed by atoms with Gasteiger partial charge in [-0.1, -0.05) is 91.4 Å². The van der Waals surface area contributed by atoms with E-state index in [4.69, 9.17) is 0 Å². The van der Waals surface area contributed by atoms with Crippen LogP contribution in [0.25, 0.3) is 0 Å². The van der Waals surface area contributed by atoms with Crippen LogP contribution < -0.4 is 5.32 Å². The van der Waals surface area contributed by atoms with Gasteiger partial charge in [-0.15, -0.1) is 0 Å². The lowest BCUT2D eigenvalue weighted by atomic mass is 9.91. The van der Waals surface area contributed by atoms with Gasteiger partial charge in [0.1, 0.15) is 0 Å². The predicted molar refractivity (Wildman–Crippen MR) is 122 cm³/mol. The normalized spacial score (nSPS) is 18.2. The molecule has 1 aliphatic rings. The van der Waals surface area contributed by atoms with Crippen molar-refractivity contribution in [1.82, 2.24) is 10.2 Å². The lowest BCUT2D eigenvalue weighted by Crippen LogP contribution is -2.45. The van der Waals surface area contributed by atoms with Crippen LogP contribution in [0.4, 0.5) is 0 Å². The first-order valence-corrected chi connectivity index (χ1v) is 12.4. The van der Waals surface area contributed by atoms with Crippen molar-refractivity contribution in [2.24, 2.45) is 5.41 Å². The first-order valence-electron chi connectivity index (χ1n) is 12.4. The number of nitrogens with one attached hydrogen (secondary N) is 1. The van der Waals surface area contributed by atoms with E-state index in [0.29, 0.717) is 13.1 Å². The lowest BCUT2D eigenvalue weighted by Gasteiger charge is -2.31. The maximum atomic E-state index is 11.8. The van der Waals surface area contributed by atoms with Crippen LogP contribution in [0.1, 0.15) is 104 Å². The summed E-state index contributed by atoms with van der Waals surface area (Å²) in [5.41, 5.74) is 0.0949. The van der Waals surface area contributed by atoms with Crippen LogP contribution in [0.5, 0.6) is 0 Å². The molecular formula is C24H50N3O+. The molecule has 1 fully saturated rings. The van der Waals surface area contributed by atoms with Crippen molar-refractivity contribution in [3.05, 3.63) is 4.91 Å². The number of nitroso groups, excluding NO2 is 1. The Labute approximate surface area is 175 Å². The van der Waals surface area contributed by atoms with Gasteiger partial charge >= 0.3 is 0 Å². The van der Waals surface area contributed by atoms with E-state index in [9.17, 15) is 4.91 Å². The third kappa shape index (κ3) is 14.5. The molecule has 0 aliphatic carbocycles. The number of hydrogen-bond donors (Lipinski definition) is 1. The molecular weight excluding hydrogens is 346 g/mol. The summed E-state index contributed by atoms with van der Waals surface area (Å²) in [6.07, 6.45) is 18.0. The van der Waals surface area contributed by atoms with Gasteiger partial charge in [-0.3, -0.25) is 0 Å². The molecule has 0 radical (unpaired) electrons. The van der Waals surface area contributed by atoms with Gasteiger partial charge in [-0.2, -0.15) is 0 Å². The van der Waals surface area contributed by atoms with E-state index in [-0.39, 0.29) is 5.41 Å². The van der Waals surface area contributed by atoms with Crippen LogP contribution >= 0.6 is 0 Å². The molecule has 1 rings (SSSR count). The van der Waals surface area contributed by atoms with Gasteiger partial charge in [0.15, 0.2) is 13.1 Å². The Kier molecular flexibility index (Phi) is 14.9. The molecule has 0 saturated carbocycles. The zero-order chi connectivity index (χ0) is 20.5. The average molecular weight is 397 g/mol. The monoisotopic (exact) mass is 396 g/mol. The van der Waals surface area contributed by atoms with Crippen molar-refractivity contribution in [2.45, 2.75) is 104 Å². The van der Waals surface area contributed by atoms with E-state index in [1.54, 1.807) is 0 Å². The fourth-order valence-corrected chi connectivity index (χ4v) is 4.41. The highest BCUT2D eigenvalue weighted by Gasteiger charge is 2.31. The Balaban J connectivity index is 1.88. The Morgan fingerprint density at radius 1 is 0.857 bits per heavy atom. The van der Waals surface area contributed by atoms with Crippen molar-refractivity contribution in [3.63, 3.8) is 0 Å². The highest BCUT2D eigenvalue weighted by Crippen LogP contribution is 2.19. The second-order valence-electron chi connectivity index (χ2n) is 9.80. The van der Waals surface area contributed by atoms with Crippen LogP contribution in [0.15, 0.2) is 0 Å². The summed E-state index contributed by atoms with van der Waals surface area (Å²) in [4.78, 5) is 14.3. The Hall–Kier alpha value is -0.480. The molecule has 1 heterocycles. The molecule has 0 amide bonds. The van der Waals surface area contributed by atoms with E-state index in [1.165, 1.54) is 81.8 Å². The summed E-state index contributed by atoms with van der Waals surface area (Å²) in [5, 5.41) is 3.63. The zero-order valence-electron chi connectivity index (χ0n) is 19.4. The quantitative estimate of drug-likeness (QED) is 0.265. The van der Waals surface area contributed by atoms with Crippen LogP contribution in [0.3, 0.4) is 0 Å². The molecule has 0 atom stereocenters. The van der Waals surface area contributed by atoms with Gasteiger partial charge in [0.05, 0.1) is 0 Å². The van der Waals surface area contributed by atoms with Gasteiger partial charge in [-0.25, -0.2) is 0 Å². The van der Waals surface area contributed by atoms with E-state index in [2.05, 4.69) is 31.0 Å². The largest absolute Gasteiger partial charge is 0.315 e. The minimum Gasteiger partial charge on any atom is -0.315 e. The number of nitrogens with zero attached hydrogens (tertiary/aromatic N) is 2. The molecule has 0 aromatic rings. The minimum atomic E-state index is 0.0949. The zero-order valence-corrected chi connectivity index (χ0v) is 19.4. The lowest BCUT2D eigenvalue weighted by molar-refractivity contribution is -0.564. The Morgan fingerprint density at radius 2 is 1.43 bits per heavy atom. The molecule has 1 aliphatic heterocycles. The van der Waals surface area contributed by atoms with Crippen molar-refractivity contribution in [3.8, 4) is 0 Å². The van der Waals surface area contributed by atoms with Crippen LogP contribution in [-0.4, -0.2) is 55.5 Å². The van der Waals surface area contributed by atoms with Crippen LogP contribution in [0.2, 0.25) is 0 Å².